The number of rotatable bonds is 0. The summed E-state index contributed by atoms with van der Waals surface area (Å²) >= 11 is 0. The Labute approximate surface area is 99.8 Å². The highest BCUT2D eigenvalue weighted by atomic mass is 19.1. The lowest BCUT2D eigenvalue weighted by Crippen LogP contribution is -2.43. The van der Waals surface area contributed by atoms with Gasteiger partial charge in [-0.15, -0.1) is 0 Å². The maximum Gasteiger partial charge on any atom is 0.126 e. The Hall–Kier alpha value is -1.13. The topological polar surface area (TPSA) is 32.7 Å². The number of likely N-dealkylation sites (N-methyl/N-ethyl adjacent to an activating group) is 1. The number of benzene rings is 1. The van der Waals surface area contributed by atoms with E-state index in [1.54, 1.807) is 6.07 Å². The zero-order chi connectivity index (χ0) is 12.0. The Balaban J connectivity index is 1.96. The van der Waals surface area contributed by atoms with Crippen molar-refractivity contribution in [1.29, 1.82) is 0 Å². The molecule has 3 nitrogen and oxygen atoms in total. The number of aliphatic hydroxyl groups is 1. The minimum Gasteiger partial charge on any atom is -0.485 e. The second kappa shape index (κ2) is 3.68. The molecule has 2 aliphatic heterocycles. The monoisotopic (exact) mass is 237 g/mol. The molecule has 1 saturated heterocycles. The van der Waals surface area contributed by atoms with E-state index >= 15 is 0 Å². The Morgan fingerprint density at radius 3 is 3.06 bits per heavy atom. The number of nitrogens with zero attached hydrogens (tertiary/aromatic N) is 1. The molecule has 1 spiro atoms. The van der Waals surface area contributed by atoms with Gasteiger partial charge in [0.05, 0.1) is 6.10 Å². The van der Waals surface area contributed by atoms with Gasteiger partial charge >= 0.3 is 0 Å². The van der Waals surface area contributed by atoms with Crippen LogP contribution < -0.4 is 4.74 Å². The fourth-order valence-corrected chi connectivity index (χ4v) is 2.90. The van der Waals surface area contributed by atoms with Crippen molar-refractivity contribution < 1.29 is 14.2 Å². The van der Waals surface area contributed by atoms with Crippen molar-refractivity contribution in [2.45, 2.75) is 24.5 Å². The quantitative estimate of drug-likeness (QED) is 0.745. The molecule has 1 fully saturated rings. The van der Waals surface area contributed by atoms with Crippen LogP contribution in [-0.4, -0.2) is 35.7 Å². The lowest BCUT2D eigenvalue weighted by atomic mass is 9.88. The molecular formula is C13H16FNO2. The van der Waals surface area contributed by atoms with Crippen molar-refractivity contribution in [3.63, 3.8) is 0 Å². The van der Waals surface area contributed by atoms with Gasteiger partial charge in [-0.1, -0.05) is 0 Å². The maximum atomic E-state index is 13.1. The first-order chi connectivity index (χ1) is 8.08. The number of aliphatic hydroxyl groups excluding tert-OH is 1. The zero-order valence-electron chi connectivity index (χ0n) is 9.82. The molecule has 2 heterocycles. The zero-order valence-corrected chi connectivity index (χ0v) is 9.82. The fraction of sp³-hybridized carbons (Fsp3) is 0.538. The molecule has 2 atom stereocenters. The summed E-state index contributed by atoms with van der Waals surface area (Å²) < 4.78 is 19.1. The summed E-state index contributed by atoms with van der Waals surface area (Å²) in [6.45, 7) is 1.80. The molecule has 3 rings (SSSR count). The van der Waals surface area contributed by atoms with Gasteiger partial charge < -0.3 is 14.7 Å². The summed E-state index contributed by atoms with van der Waals surface area (Å²) in [6.07, 6.45) is 0.839. The minimum absolute atomic E-state index is 0.293. The number of ether oxygens (including phenoxy) is 1. The van der Waals surface area contributed by atoms with E-state index in [0.717, 1.165) is 19.5 Å². The molecule has 0 amide bonds. The summed E-state index contributed by atoms with van der Waals surface area (Å²) in [5.41, 5.74) is 0.282. The highest BCUT2D eigenvalue weighted by Gasteiger charge is 2.44. The van der Waals surface area contributed by atoms with E-state index in [1.165, 1.54) is 12.1 Å². The average molecular weight is 237 g/mol. The van der Waals surface area contributed by atoms with Gasteiger partial charge in [0, 0.05) is 31.5 Å². The average Bonchev–Trinajstić information content (AvgIpc) is 2.61. The van der Waals surface area contributed by atoms with E-state index in [9.17, 15) is 9.50 Å². The van der Waals surface area contributed by atoms with Gasteiger partial charge in [0.15, 0.2) is 0 Å². The van der Waals surface area contributed by atoms with E-state index in [4.69, 9.17) is 4.74 Å². The third-order valence-electron chi connectivity index (χ3n) is 3.73. The first kappa shape index (κ1) is 11.0. The molecule has 0 radical (unpaired) electrons. The predicted octanol–water partition coefficient (Wildman–Crippen LogP) is 1.72. The fourth-order valence-electron chi connectivity index (χ4n) is 2.90. The highest BCUT2D eigenvalue weighted by molar-refractivity contribution is 5.38. The summed E-state index contributed by atoms with van der Waals surface area (Å²) in [5, 5.41) is 10.1. The van der Waals surface area contributed by atoms with Gasteiger partial charge in [0.2, 0.25) is 0 Å². The molecule has 17 heavy (non-hydrogen) atoms. The van der Waals surface area contributed by atoms with Crippen LogP contribution in [0, 0.1) is 5.82 Å². The molecular weight excluding hydrogens is 221 g/mol. The third-order valence-corrected chi connectivity index (χ3v) is 3.73. The highest BCUT2D eigenvalue weighted by Crippen LogP contribution is 2.43. The van der Waals surface area contributed by atoms with Crippen LogP contribution in [0.15, 0.2) is 18.2 Å². The number of hydrogen-bond donors (Lipinski definition) is 1. The van der Waals surface area contributed by atoms with Gasteiger partial charge in [0.25, 0.3) is 0 Å². The normalized spacial score (nSPS) is 32.5. The molecule has 1 aromatic carbocycles. The van der Waals surface area contributed by atoms with Gasteiger partial charge in [-0.2, -0.15) is 0 Å². The van der Waals surface area contributed by atoms with Crippen LogP contribution >= 0.6 is 0 Å². The van der Waals surface area contributed by atoms with Gasteiger partial charge in [0.1, 0.15) is 17.2 Å². The van der Waals surface area contributed by atoms with E-state index in [-0.39, 0.29) is 11.4 Å². The molecule has 92 valence electrons. The van der Waals surface area contributed by atoms with Crippen molar-refractivity contribution in [3.05, 3.63) is 29.6 Å². The SMILES string of the molecule is CN1CCC2(C[C@@H](O)c3cc(F)ccc3O2)C1. The molecule has 2 aliphatic rings. The molecule has 0 bridgehead atoms. The molecule has 4 heteroatoms. The number of fused-ring (bicyclic) bond motifs is 1. The summed E-state index contributed by atoms with van der Waals surface area (Å²) in [7, 11) is 2.05. The standard InChI is InChI=1S/C13H16FNO2/c1-15-5-4-13(8-15)7-11(16)10-6-9(14)2-3-12(10)17-13/h2-3,6,11,16H,4-5,7-8H2,1H3/t11-,13?/m1/s1. The van der Waals surface area contributed by atoms with Gasteiger partial charge in [-0.3, -0.25) is 0 Å². The van der Waals surface area contributed by atoms with E-state index in [2.05, 4.69) is 4.90 Å². The molecule has 0 aliphatic carbocycles. The van der Waals surface area contributed by atoms with Crippen LogP contribution in [-0.2, 0) is 0 Å². The van der Waals surface area contributed by atoms with E-state index < -0.39 is 6.10 Å². The lowest BCUT2D eigenvalue weighted by Gasteiger charge is -2.38. The Kier molecular flexibility index (Phi) is 2.38. The van der Waals surface area contributed by atoms with Crippen molar-refractivity contribution in [2.24, 2.45) is 0 Å². The van der Waals surface area contributed by atoms with Crippen molar-refractivity contribution in [1.82, 2.24) is 4.90 Å². The van der Waals surface area contributed by atoms with Crippen LogP contribution in [0.25, 0.3) is 0 Å². The minimum atomic E-state index is -0.624. The van der Waals surface area contributed by atoms with Crippen molar-refractivity contribution in [3.8, 4) is 5.75 Å². The van der Waals surface area contributed by atoms with Crippen LogP contribution in [0.2, 0.25) is 0 Å². The second-order valence-electron chi connectivity index (χ2n) is 5.17. The Morgan fingerprint density at radius 2 is 2.35 bits per heavy atom. The maximum absolute atomic E-state index is 13.1. The van der Waals surface area contributed by atoms with Crippen LogP contribution in [0.5, 0.6) is 5.75 Å². The van der Waals surface area contributed by atoms with E-state index in [1.807, 2.05) is 7.05 Å². The second-order valence-corrected chi connectivity index (χ2v) is 5.17. The molecule has 0 saturated carbocycles. The molecule has 1 aromatic rings. The summed E-state index contributed by atoms with van der Waals surface area (Å²) in [5.74, 6) is 0.298. The third kappa shape index (κ3) is 1.81. The molecule has 1 N–H and O–H groups in total. The lowest BCUT2D eigenvalue weighted by molar-refractivity contribution is -0.00603. The first-order valence-corrected chi connectivity index (χ1v) is 5.93. The summed E-state index contributed by atoms with van der Waals surface area (Å²) in [4.78, 5) is 2.20. The van der Waals surface area contributed by atoms with Gasteiger partial charge in [-0.25, -0.2) is 4.39 Å². The number of halogens is 1. The number of likely N-dealkylation sites (tertiary alicyclic amines) is 1. The number of hydrogen-bond acceptors (Lipinski definition) is 3. The largest absolute Gasteiger partial charge is 0.485 e. The van der Waals surface area contributed by atoms with Crippen molar-refractivity contribution in [2.75, 3.05) is 20.1 Å². The predicted molar refractivity (Wildman–Crippen MR) is 61.4 cm³/mol. The van der Waals surface area contributed by atoms with Gasteiger partial charge in [-0.05, 0) is 25.2 Å². The van der Waals surface area contributed by atoms with Crippen molar-refractivity contribution >= 4 is 0 Å². The smallest absolute Gasteiger partial charge is 0.126 e. The van der Waals surface area contributed by atoms with Crippen LogP contribution in [0.4, 0.5) is 4.39 Å². The first-order valence-electron chi connectivity index (χ1n) is 5.93. The van der Waals surface area contributed by atoms with Crippen LogP contribution in [0.1, 0.15) is 24.5 Å². The Bertz CT molecular complexity index is 451. The Morgan fingerprint density at radius 1 is 1.53 bits per heavy atom. The van der Waals surface area contributed by atoms with E-state index in [0.29, 0.717) is 17.7 Å². The summed E-state index contributed by atoms with van der Waals surface area (Å²) in [6, 6.07) is 4.36. The van der Waals surface area contributed by atoms with Crippen LogP contribution in [0.3, 0.4) is 0 Å². The molecule has 0 aromatic heterocycles. The molecule has 1 unspecified atom stereocenters.